The van der Waals surface area contributed by atoms with E-state index in [2.05, 4.69) is 10.2 Å². The molecule has 8 heteroatoms. The molecule has 3 aromatic rings. The molecule has 2 N–H and O–H groups in total. The molecule has 2 unspecified atom stereocenters. The van der Waals surface area contributed by atoms with Crippen LogP contribution in [0, 0.1) is 5.82 Å². The van der Waals surface area contributed by atoms with E-state index in [9.17, 15) is 19.1 Å². The van der Waals surface area contributed by atoms with Crippen molar-refractivity contribution in [3.05, 3.63) is 96.2 Å². The zero-order valence-corrected chi connectivity index (χ0v) is 20.1. The molecular formula is C29H27FN2O5. The predicted molar refractivity (Wildman–Crippen MR) is 136 cm³/mol. The SMILES string of the molecule is O=C(NC(CN1CCCC1)C(O)c1ccc2c(c1)OC=CO2)C(=O)c1ccc(-c2ccc(F)cc2)cc1. The van der Waals surface area contributed by atoms with Gasteiger partial charge in [-0.15, -0.1) is 0 Å². The van der Waals surface area contributed by atoms with Crippen LogP contribution in [0.3, 0.4) is 0 Å². The summed E-state index contributed by atoms with van der Waals surface area (Å²) in [4.78, 5) is 28.1. The summed E-state index contributed by atoms with van der Waals surface area (Å²) in [5.41, 5.74) is 2.36. The van der Waals surface area contributed by atoms with Gasteiger partial charge in [-0.2, -0.15) is 0 Å². The number of ether oxygens (including phenoxy) is 2. The van der Waals surface area contributed by atoms with E-state index in [1.165, 1.54) is 24.7 Å². The van der Waals surface area contributed by atoms with Gasteiger partial charge in [0.1, 0.15) is 24.4 Å². The van der Waals surface area contributed by atoms with Gasteiger partial charge in [0.05, 0.1) is 6.04 Å². The molecule has 3 aromatic carbocycles. The second-order valence-corrected chi connectivity index (χ2v) is 9.16. The summed E-state index contributed by atoms with van der Waals surface area (Å²) in [5.74, 6) is -0.832. The van der Waals surface area contributed by atoms with Gasteiger partial charge in [0.2, 0.25) is 5.78 Å². The first-order chi connectivity index (χ1) is 18.0. The second kappa shape index (κ2) is 10.9. The number of ketones is 1. The minimum absolute atomic E-state index is 0.226. The number of fused-ring (bicyclic) bond motifs is 1. The molecule has 0 radical (unpaired) electrons. The maximum absolute atomic E-state index is 13.2. The number of amides is 1. The standard InChI is InChI=1S/C29H27FN2O5/c30-23-10-7-20(8-11-23)19-3-5-21(6-4-19)28(34)29(35)31-24(18-32-13-1-2-14-32)27(33)22-9-12-25-26(17-22)37-16-15-36-25/h3-12,15-17,24,27,33H,1-2,13-14,18H2,(H,31,35). The Bertz CT molecular complexity index is 1300. The number of nitrogens with zero attached hydrogens (tertiary/aromatic N) is 1. The van der Waals surface area contributed by atoms with Crippen LogP contribution in [-0.2, 0) is 4.79 Å². The fraction of sp³-hybridized carbons (Fsp3) is 0.241. The minimum atomic E-state index is -1.07. The van der Waals surface area contributed by atoms with Crippen molar-refractivity contribution >= 4 is 11.7 Å². The number of aliphatic hydroxyl groups is 1. The first-order valence-electron chi connectivity index (χ1n) is 12.2. The van der Waals surface area contributed by atoms with Crippen molar-refractivity contribution in [1.82, 2.24) is 10.2 Å². The van der Waals surface area contributed by atoms with E-state index in [0.29, 0.717) is 23.6 Å². The van der Waals surface area contributed by atoms with Crippen LogP contribution in [0.4, 0.5) is 4.39 Å². The highest BCUT2D eigenvalue weighted by atomic mass is 19.1. The molecule has 0 bridgehead atoms. The molecule has 2 atom stereocenters. The highest BCUT2D eigenvalue weighted by molar-refractivity contribution is 6.42. The number of nitrogens with one attached hydrogen (secondary N) is 1. The lowest BCUT2D eigenvalue weighted by Gasteiger charge is -2.29. The number of halogens is 1. The largest absolute Gasteiger partial charge is 0.458 e. The fourth-order valence-electron chi connectivity index (χ4n) is 4.62. The average molecular weight is 503 g/mol. The Morgan fingerprint density at radius 1 is 0.892 bits per heavy atom. The van der Waals surface area contributed by atoms with Crippen molar-refractivity contribution in [2.24, 2.45) is 0 Å². The molecule has 2 heterocycles. The number of likely N-dealkylation sites (tertiary alicyclic amines) is 1. The van der Waals surface area contributed by atoms with E-state index in [1.54, 1.807) is 54.6 Å². The highest BCUT2D eigenvalue weighted by Gasteiger charge is 2.30. The number of rotatable bonds is 8. The lowest BCUT2D eigenvalue weighted by molar-refractivity contribution is -0.118. The third kappa shape index (κ3) is 5.71. The number of Topliss-reactive ketones (excluding diaryl/α,β-unsaturated/α-hetero) is 1. The number of benzene rings is 3. The lowest BCUT2D eigenvalue weighted by atomic mass is 9.99. The summed E-state index contributed by atoms with van der Waals surface area (Å²) in [6, 6.07) is 17.0. The molecule has 190 valence electrons. The normalized spacial score (nSPS) is 16.3. The Balaban J connectivity index is 1.31. The smallest absolute Gasteiger partial charge is 0.292 e. The van der Waals surface area contributed by atoms with Crippen LogP contribution >= 0.6 is 0 Å². The monoisotopic (exact) mass is 502 g/mol. The van der Waals surface area contributed by atoms with E-state index in [1.807, 2.05) is 0 Å². The lowest BCUT2D eigenvalue weighted by Crippen LogP contribution is -2.48. The molecule has 1 fully saturated rings. The summed E-state index contributed by atoms with van der Waals surface area (Å²) < 4.78 is 24.1. The quantitative estimate of drug-likeness (QED) is 0.354. The van der Waals surface area contributed by atoms with Gasteiger partial charge in [0.15, 0.2) is 11.5 Å². The number of hydrogen-bond acceptors (Lipinski definition) is 6. The summed E-state index contributed by atoms with van der Waals surface area (Å²) in [7, 11) is 0. The molecule has 37 heavy (non-hydrogen) atoms. The van der Waals surface area contributed by atoms with Gasteiger partial charge >= 0.3 is 0 Å². The van der Waals surface area contributed by atoms with Crippen LogP contribution in [0.5, 0.6) is 11.5 Å². The van der Waals surface area contributed by atoms with Crippen molar-refractivity contribution in [3.8, 4) is 22.6 Å². The maximum atomic E-state index is 13.2. The van der Waals surface area contributed by atoms with Gasteiger partial charge in [0, 0.05) is 12.1 Å². The van der Waals surface area contributed by atoms with Gasteiger partial charge < -0.3 is 24.8 Å². The molecule has 7 nitrogen and oxygen atoms in total. The Morgan fingerprint density at radius 3 is 2.19 bits per heavy atom. The molecule has 2 aliphatic rings. The molecule has 2 aliphatic heterocycles. The Morgan fingerprint density at radius 2 is 1.51 bits per heavy atom. The van der Waals surface area contributed by atoms with Crippen LogP contribution < -0.4 is 14.8 Å². The van der Waals surface area contributed by atoms with Crippen molar-refractivity contribution < 1.29 is 28.6 Å². The predicted octanol–water partition coefficient (Wildman–Crippen LogP) is 4.23. The topological polar surface area (TPSA) is 88.1 Å². The fourth-order valence-corrected chi connectivity index (χ4v) is 4.62. The highest BCUT2D eigenvalue weighted by Crippen LogP contribution is 2.34. The Labute approximate surface area is 214 Å². The van der Waals surface area contributed by atoms with E-state index in [0.717, 1.165) is 37.1 Å². The minimum Gasteiger partial charge on any atom is -0.458 e. The van der Waals surface area contributed by atoms with Crippen LogP contribution in [0.2, 0.25) is 0 Å². The third-order valence-electron chi connectivity index (χ3n) is 6.64. The summed E-state index contributed by atoms with van der Waals surface area (Å²) in [6.45, 7) is 2.13. The molecule has 0 spiro atoms. The first kappa shape index (κ1) is 24.7. The molecular weight excluding hydrogens is 475 g/mol. The summed E-state index contributed by atoms with van der Waals surface area (Å²) >= 11 is 0. The third-order valence-corrected chi connectivity index (χ3v) is 6.64. The van der Waals surface area contributed by atoms with E-state index < -0.39 is 23.8 Å². The molecule has 0 aromatic heterocycles. The van der Waals surface area contributed by atoms with Gasteiger partial charge in [-0.3, -0.25) is 9.59 Å². The number of hydrogen-bond donors (Lipinski definition) is 2. The zero-order chi connectivity index (χ0) is 25.8. The molecule has 0 aliphatic carbocycles. The van der Waals surface area contributed by atoms with Crippen molar-refractivity contribution in [2.45, 2.75) is 25.0 Å². The number of carbonyl (C=O) groups excluding carboxylic acids is 2. The number of aliphatic hydroxyl groups excluding tert-OH is 1. The molecule has 5 rings (SSSR count). The van der Waals surface area contributed by atoms with Crippen molar-refractivity contribution in [3.63, 3.8) is 0 Å². The first-order valence-corrected chi connectivity index (χ1v) is 12.2. The van der Waals surface area contributed by atoms with Crippen LogP contribution in [-0.4, -0.2) is 47.4 Å². The van der Waals surface area contributed by atoms with E-state index in [4.69, 9.17) is 9.47 Å². The van der Waals surface area contributed by atoms with Crippen LogP contribution in [0.25, 0.3) is 11.1 Å². The van der Waals surface area contributed by atoms with E-state index in [-0.39, 0.29) is 11.4 Å². The van der Waals surface area contributed by atoms with Gasteiger partial charge in [0.25, 0.3) is 5.91 Å². The summed E-state index contributed by atoms with van der Waals surface area (Å²) in [6.07, 6.45) is 3.85. The van der Waals surface area contributed by atoms with Gasteiger partial charge in [-0.1, -0.05) is 42.5 Å². The van der Waals surface area contributed by atoms with Crippen LogP contribution in [0.1, 0.15) is 34.9 Å². The van der Waals surface area contributed by atoms with E-state index >= 15 is 0 Å². The van der Waals surface area contributed by atoms with Crippen molar-refractivity contribution in [2.75, 3.05) is 19.6 Å². The molecule has 1 amide bonds. The number of carbonyl (C=O) groups is 2. The maximum Gasteiger partial charge on any atom is 0.292 e. The molecule has 0 saturated carbocycles. The average Bonchev–Trinajstić information content (AvgIpc) is 3.45. The Kier molecular flexibility index (Phi) is 7.30. The molecule has 1 saturated heterocycles. The van der Waals surface area contributed by atoms with Crippen LogP contribution in [0.15, 0.2) is 79.3 Å². The van der Waals surface area contributed by atoms with Gasteiger partial charge in [-0.05, 0) is 66.9 Å². The Hall–Kier alpha value is -4.01. The summed E-state index contributed by atoms with van der Waals surface area (Å²) in [5, 5.41) is 14.0. The van der Waals surface area contributed by atoms with Gasteiger partial charge in [-0.25, -0.2) is 4.39 Å². The second-order valence-electron chi connectivity index (χ2n) is 9.16. The van der Waals surface area contributed by atoms with Crippen molar-refractivity contribution in [1.29, 1.82) is 0 Å². The zero-order valence-electron chi connectivity index (χ0n) is 20.1.